The number of alkyl halides is 1. The summed E-state index contributed by atoms with van der Waals surface area (Å²) in [6.07, 6.45) is 3.92. The van der Waals surface area contributed by atoms with Crippen molar-refractivity contribution in [2.24, 2.45) is 0 Å². The zero-order valence-electron chi connectivity index (χ0n) is 20.4. The number of hydrogen-bond acceptors (Lipinski definition) is 7. The normalized spacial score (nSPS) is 36.7. The number of likely N-dealkylation sites (N-methyl/N-ethyl adjacent to an activating group) is 1. The lowest BCUT2D eigenvalue weighted by atomic mass is 9.52. The Morgan fingerprint density at radius 2 is 2.03 bits per heavy atom. The van der Waals surface area contributed by atoms with E-state index in [1.54, 1.807) is 0 Å². The molecule has 1 aliphatic carbocycles. The van der Waals surface area contributed by atoms with E-state index in [-0.39, 0.29) is 22.6 Å². The van der Waals surface area contributed by atoms with Crippen molar-refractivity contribution in [3.63, 3.8) is 0 Å². The molecule has 6 heterocycles. The number of rotatable bonds is 5. The summed E-state index contributed by atoms with van der Waals surface area (Å²) in [6, 6.07) is 0.963. The second kappa shape index (κ2) is 7.48. The number of ether oxygens (including phenoxy) is 2. The van der Waals surface area contributed by atoms with E-state index in [2.05, 4.69) is 42.5 Å². The average molecular weight is 562 g/mol. The summed E-state index contributed by atoms with van der Waals surface area (Å²) in [6.45, 7) is 6.78. The SMILES string of the molecule is CCN1CC2N(c3nc(OC[C@@]45CCCN4CC(F)C5)nc4c(F)c(Br)c5c(c34)COC5)C3CCC321. The highest BCUT2D eigenvalue weighted by Crippen LogP contribution is 2.62. The van der Waals surface area contributed by atoms with E-state index in [4.69, 9.17) is 14.5 Å². The third-order valence-electron chi connectivity index (χ3n) is 10.2. The monoisotopic (exact) mass is 561 g/mol. The van der Waals surface area contributed by atoms with Crippen LogP contribution < -0.4 is 9.64 Å². The molecule has 192 valence electrons. The summed E-state index contributed by atoms with van der Waals surface area (Å²) in [5, 5.41) is 0.761. The van der Waals surface area contributed by atoms with Crippen LogP contribution in [0.2, 0.25) is 0 Å². The molecular formula is C26H30BrF2N5O2. The number of fused-ring (bicyclic) bond motifs is 4. The van der Waals surface area contributed by atoms with Crippen molar-refractivity contribution in [3.8, 4) is 6.01 Å². The van der Waals surface area contributed by atoms with Gasteiger partial charge in [0, 0.05) is 25.1 Å². The molecule has 5 fully saturated rings. The van der Waals surface area contributed by atoms with Crippen molar-refractivity contribution in [2.75, 3.05) is 37.7 Å². The Labute approximate surface area is 217 Å². The molecule has 5 aliphatic heterocycles. The summed E-state index contributed by atoms with van der Waals surface area (Å²) in [5.74, 6) is 0.386. The van der Waals surface area contributed by atoms with Gasteiger partial charge in [0.15, 0.2) is 5.82 Å². The number of anilines is 1. The van der Waals surface area contributed by atoms with Crippen LogP contribution in [0.3, 0.4) is 0 Å². The fourth-order valence-corrected chi connectivity index (χ4v) is 8.92. The van der Waals surface area contributed by atoms with E-state index in [0.29, 0.717) is 49.3 Å². The van der Waals surface area contributed by atoms with Crippen molar-refractivity contribution in [3.05, 3.63) is 21.4 Å². The Morgan fingerprint density at radius 3 is 2.81 bits per heavy atom. The van der Waals surface area contributed by atoms with Gasteiger partial charge >= 0.3 is 6.01 Å². The minimum Gasteiger partial charge on any atom is -0.461 e. The molecule has 1 saturated carbocycles. The Kier molecular flexibility index (Phi) is 4.65. The van der Waals surface area contributed by atoms with Crippen molar-refractivity contribution in [1.82, 2.24) is 19.8 Å². The Hall–Kier alpha value is -1.62. The maximum Gasteiger partial charge on any atom is 0.319 e. The third kappa shape index (κ3) is 2.62. The van der Waals surface area contributed by atoms with Crippen molar-refractivity contribution in [1.29, 1.82) is 0 Å². The second-order valence-corrected chi connectivity index (χ2v) is 12.3. The van der Waals surface area contributed by atoms with Crippen LogP contribution in [0.4, 0.5) is 14.6 Å². The zero-order chi connectivity index (χ0) is 24.4. The van der Waals surface area contributed by atoms with Gasteiger partial charge in [-0.3, -0.25) is 9.80 Å². The topological polar surface area (TPSA) is 54.0 Å². The molecule has 0 bridgehead atoms. The van der Waals surface area contributed by atoms with Gasteiger partial charge in [-0.1, -0.05) is 6.92 Å². The summed E-state index contributed by atoms with van der Waals surface area (Å²) in [5.41, 5.74) is 2.05. The van der Waals surface area contributed by atoms with Crippen LogP contribution >= 0.6 is 15.9 Å². The lowest BCUT2D eigenvalue weighted by Crippen LogP contribution is -2.96. The molecule has 6 aliphatic rings. The van der Waals surface area contributed by atoms with Crippen LogP contribution in [0.5, 0.6) is 6.01 Å². The molecule has 0 amide bonds. The first-order valence-electron chi connectivity index (χ1n) is 13.3. The zero-order valence-corrected chi connectivity index (χ0v) is 22.0. The second-order valence-electron chi connectivity index (χ2n) is 11.5. The van der Waals surface area contributed by atoms with Gasteiger partial charge in [0.05, 0.1) is 46.2 Å². The molecule has 4 unspecified atom stereocenters. The first-order valence-corrected chi connectivity index (χ1v) is 14.1. The maximum atomic E-state index is 15.8. The first kappa shape index (κ1) is 22.4. The molecule has 10 heteroatoms. The molecule has 1 spiro atoms. The van der Waals surface area contributed by atoms with E-state index in [0.717, 1.165) is 61.2 Å². The summed E-state index contributed by atoms with van der Waals surface area (Å²) in [7, 11) is 0. The van der Waals surface area contributed by atoms with Crippen molar-refractivity contribution >= 4 is 32.7 Å². The predicted octanol–water partition coefficient (Wildman–Crippen LogP) is 3.94. The summed E-state index contributed by atoms with van der Waals surface area (Å²) in [4.78, 5) is 16.8. The van der Waals surface area contributed by atoms with Crippen LogP contribution in [-0.4, -0.2) is 81.9 Å². The van der Waals surface area contributed by atoms with Crippen LogP contribution in [0, 0.1) is 5.82 Å². The highest BCUT2D eigenvalue weighted by molar-refractivity contribution is 9.10. The van der Waals surface area contributed by atoms with Crippen LogP contribution in [0.1, 0.15) is 50.2 Å². The fourth-order valence-electron chi connectivity index (χ4n) is 8.37. The Bertz CT molecular complexity index is 1290. The maximum absolute atomic E-state index is 15.8. The number of benzene rings is 1. The number of nitrogens with zero attached hydrogens (tertiary/aromatic N) is 5. The summed E-state index contributed by atoms with van der Waals surface area (Å²) >= 11 is 3.46. The van der Waals surface area contributed by atoms with Gasteiger partial charge in [-0.05, 0) is 60.3 Å². The molecule has 0 radical (unpaired) electrons. The lowest BCUT2D eigenvalue weighted by molar-refractivity contribution is -0.175. The molecule has 7 nitrogen and oxygen atoms in total. The molecule has 36 heavy (non-hydrogen) atoms. The van der Waals surface area contributed by atoms with Crippen molar-refractivity contribution < 1.29 is 18.3 Å². The van der Waals surface area contributed by atoms with Crippen LogP contribution in [-0.2, 0) is 18.0 Å². The fraction of sp³-hybridized carbons (Fsp3) is 0.692. The molecule has 1 aromatic carbocycles. The highest BCUT2D eigenvalue weighted by Gasteiger charge is 2.74. The lowest BCUT2D eigenvalue weighted by Gasteiger charge is -2.81. The molecule has 0 N–H and O–H groups in total. The first-order chi connectivity index (χ1) is 17.5. The van der Waals surface area contributed by atoms with Gasteiger partial charge in [-0.25, -0.2) is 8.78 Å². The third-order valence-corrected chi connectivity index (χ3v) is 11.0. The van der Waals surface area contributed by atoms with Gasteiger partial charge in [-0.2, -0.15) is 9.97 Å². The van der Waals surface area contributed by atoms with Crippen LogP contribution in [0.25, 0.3) is 10.9 Å². The van der Waals surface area contributed by atoms with Gasteiger partial charge in [0.1, 0.15) is 24.1 Å². The Morgan fingerprint density at radius 1 is 1.17 bits per heavy atom. The number of aromatic nitrogens is 2. The highest BCUT2D eigenvalue weighted by atomic mass is 79.9. The van der Waals surface area contributed by atoms with E-state index in [9.17, 15) is 4.39 Å². The smallest absolute Gasteiger partial charge is 0.319 e. The largest absolute Gasteiger partial charge is 0.461 e. The molecule has 1 aromatic heterocycles. The molecule has 5 atom stereocenters. The number of hydrogen-bond donors (Lipinski definition) is 0. The van der Waals surface area contributed by atoms with Crippen LogP contribution in [0.15, 0.2) is 4.47 Å². The molecular weight excluding hydrogens is 532 g/mol. The Balaban J connectivity index is 1.22. The van der Waals surface area contributed by atoms with E-state index >= 15 is 4.39 Å². The van der Waals surface area contributed by atoms with Gasteiger partial charge < -0.3 is 14.4 Å². The minimum atomic E-state index is -0.828. The van der Waals surface area contributed by atoms with Crippen molar-refractivity contribution in [2.45, 2.75) is 81.6 Å². The predicted molar refractivity (Wildman–Crippen MR) is 134 cm³/mol. The van der Waals surface area contributed by atoms with E-state index in [1.165, 1.54) is 6.42 Å². The van der Waals surface area contributed by atoms with Gasteiger partial charge in [-0.15, -0.1) is 0 Å². The van der Waals surface area contributed by atoms with E-state index in [1.807, 2.05) is 0 Å². The molecule has 8 rings (SSSR count). The number of piperidine rings is 1. The standard InChI is InChI=1S/C26H30BrF2N5O2/c1-2-32-10-18-26(32)6-4-17(26)34(18)23-19-15-11-35-12-16(15)20(27)21(29)22(19)30-24(31-23)36-13-25-5-3-7-33(25)9-14(28)8-25/h14,17-18H,2-13H2,1H3/t14?,17?,18?,25-,26?/m0/s1. The molecule has 2 aromatic rings. The number of piperazine rings is 1. The van der Waals surface area contributed by atoms with Gasteiger partial charge in [0.2, 0.25) is 0 Å². The quantitative estimate of drug-likeness (QED) is 0.548. The van der Waals surface area contributed by atoms with Gasteiger partial charge in [0.25, 0.3) is 0 Å². The number of halogens is 3. The average Bonchev–Trinajstić information content (AvgIpc) is 3.53. The number of likely N-dealkylation sites (tertiary alicyclic amines) is 1. The van der Waals surface area contributed by atoms with E-state index < -0.39 is 12.0 Å². The summed E-state index contributed by atoms with van der Waals surface area (Å²) < 4.78 is 42.5. The minimum absolute atomic E-state index is 0.189. The molecule has 4 saturated heterocycles.